The van der Waals surface area contributed by atoms with Crippen LogP contribution in [0, 0.1) is 0 Å². The number of halogens is 5. The van der Waals surface area contributed by atoms with Crippen LogP contribution in [-0.2, 0) is 9.47 Å². The molecule has 0 aliphatic carbocycles. The number of likely N-dealkylation sites (N-methyl/N-ethyl adjacent to an activating group) is 1. The first-order chi connectivity index (χ1) is 8.21. The lowest BCUT2D eigenvalue weighted by Crippen LogP contribution is -2.48. The van der Waals surface area contributed by atoms with Crippen LogP contribution in [0.4, 0.5) is 26.7 Å². The van der Waals surface area contributed by atoms with E-state index < -0.39 is 24.8 Å². The number of hydrogen-bond donors (Lipinski definition) is 0. The van der Waals surface area contributed by atoms with Gasteiger partial charge in [0.05, 0.1) is 6.61 Å². The number of nitrogens with zero attached hydrogens (tertiary/aromatic N) is 1. The molecule has 18 heavy (non-hydrogen) atoms. The number of alkyl halides is 5. The summed E-state index contributed by atoms with van der Waals surface area (Å²) in [4.78, 5) is 11.9. The van der Waals surface area contributed by atoms with Crippen molar-refractivity contribution in [2.24, 2.45) is 0 Å². The number of methoxy groups -OCH3 is 1. The van der Waals surface area contributed by atoms with Gasteiger partial charge in [-0.25, -0.2) is 9.18 Å². The molecule has 0 heterocycles. The summed E-state index contributed by atoms with van der Waals surface area (Å²) in [6.45, 7) is -1.32. The van der Waals surface area contributed by atoms with Crippen molar-refractivity contribution in [3.8, 4) is 0 Å². The number of rotatable bonds is 7. The van der Waals surface area contributed by atoms with Gasteiger partial charge in [0.1, 0.15) is 0 Å². The summed E-state index contributed by atoms with van der Waals surface area (Å²) in [5.74, 6) is -5.05. The number of hydrogen-bond acceptors (Lipinski definition) is 3. The Morgan fingerprint density at radius 1 is 1.28 bits per heavy atom. The highest BCUT2D eigenvalue weighted by Gasteiger charge is 2.61. The molecule has 0 aromatic heterocycles. The fourth-order valence-corrected chi connectivity index (χ4v) is 0.907. The maximum absolute atomic E-state index is 12.8. The summed E-state index contributed by atoms with van der Waals surface area (Å²) in [6.07, 6.45) is -6.85. The molecule has 0 bridgehead atoms. The molecule has 0 saturated heterocycles. The van der Waals surface area contributed by atoms with Gasteiger partial charge < -0.3 is 14.4 Å². The van der Waals surface area contributed by atoms with Crippen molar-refractivity contribution in [3.63, 3.8) is 0 Å². The maximum Gasteiger partial charge on any atom is 0.470 e. The molecule has 0 radical (unpaired) electrons. The van der Waals surface area contributed by atoms with Gasteiger partial charge in [0, 0.05) is 20.2 Å². The third-order valence-corrected chi connectivity index (χ3v) is 2.01. The zero-order valence-corrected chi connectivity index (χ0v) is 9.89. The van der Waals surface area contributed by atoms with E-state index in [2.05, 4.69) is 9.47 Å². The summed E-state index contributed by atoms with van der Waals surface area (Å²) >= 11 is 0. The van der Waals surface area contributed by atoms with Gasteiger partial charge in [0.2, 0.25) is 0 Å². The van der Waals surface area contributed by atoms with Gasteiger partial charge in [0.25, 0.3) is 0 Å². The third kappa shape index (κ3) is 4.28. The van der Waals surface area contributed by atoms with Crippen LogP contribution < -0.4 is 0 Å². The Labute approximate surface area is 101 Å². The molecule has 0 aliphatic rings. The van der Waals surface area contributed by atoms with Crippen molar-refractivity contribution < 1.29 is 36.2 Å². The molecule has 0 unspecified atom stereocenters. The second-order valence-corrected chi connectivity index (χ2v) is 3.30. The Balaban J connectivity index is 4.62. The van der Waals surface area contributed by atoms with Crippen LogP contribution in [0.3, 0.4) is 0 Å². The molecule has 4 nitrogen and oxygen atoms in total. The molecule has 0 fully saturated rings. The van der Waals surface area contributed by atoms with Gasteiger partial charge in [-0.15, -0.1) is 0 Å². The van der Waals surface area contributed by atoms with Crippen LogP contribution >= 0.6 is 0 Å². The molecule has 0 rings (SSSR count). The second kappa shape index (κ2) is 6.72. The summed E-state index contributed by atoms with van der Waals surface area (Å²) in [5, 5.41) is 0. The number of carbonyl (C=O) groups is 1. The Morgan fingerprint density at radius 2 is 1.83 bits per heavy atom. The molecular weight excluding hydrogens is 265 g/mol. The molecule has 108 valence electrons. The summed E-state index contributed by atoms with van der Waals surface area (Å²) in [5.41, 5.74) is 0. The second-order valence-electron chi connectivity index (χ2n) is 3.30. The van der Waals surface area contributed by atoms with E-state index in [4.69, 9.17) is 0 Å². The van der Waals surface area contributed by atoms with E-state index in [0.717, 1.165) is 4.90 Å². The molecule has 0 N–H and O–H groups in total. The topological polar surface area (TPSA) is 38.8 Å². The van der Waals surface area contributed by atoms with E-state index in [1.807, 2.05) is 0 Å². The number of amides is 1. The minimum atomic E-state index is -5.20. The fraction of sp³-hybridized carbons (Fsp3) is 0.889. The van der Waals surface area contributed by atoms with Crippen LogP contribution in [0.5, 0.6) is 0 Å². The SMILES string of the molecule is CCN(CCOC)C(=O)OC(F)(F)C(F)(F)CF. The highest BCUT2D eigenvalue weighted by atomic mass is 19.3. The minimum absolute atomic E-state index is 0.0218. The van der Waals surface area contributed by atoms with Gasteiger partial charge >= 0.3 is 18.1 Å². The van der Waals surface area contributed by atoms with Crippen LogP contribution in [0.1, 0.15) is 6.92 Å². The molecule has 1 amide bonds. The average molecular weight is 279 g/mol. The zero-order chi connectivity index (χ0) is 14.4. The predicted octanol–water partition coefficient (Wildman–Crippen LogP) is 2.29. The Bertz CT molecular complexity index is 275. The summed E-state index contributed by atoms with van der Waals surface area (Å²) < 4.78 is 70.2. The number of ether oxygens (including phenoxy) is 2. The third-order valence-electron chi connectivity index (χ3n) is 2.01. The molecule has 0 atom stereocenters. The standard InChI is InChI=1S/C9H14F5NO3/c1-3-15(4-5-17-2)7(16)18-9(13,14)8(11,12)6-10/h3-6H2,1-2H3. The lowest BCUT2D eigenvalue weighted by Gasteiger charge is -2.27. The van der Waals surface area contributed by atoms with E-state index in [9.17, 15) is 26.7 Å². The molecule has 0 saturated carbocycles. The van der Waals surface area contributed by atoms with E-state index in [1.165, 1.54) is 14.0 Å². The average Bonchev–Trinajstić information content (AvgIpc) is 2.29. The molecule has 0 aromatic rings. The molecule has 0 spiro atoms. The lowest BCUT2D eigenvalue weighted by molar-refractivity contribution is -0.326. The quantitative estimate of drug-likeness (QED) is 0.671. The van der Waals surface area contributed by atoms with E-state index >= 15 is 0 Å². The van der Waals surface area contributed by atoms with Crippen LogP contribution in [-0.4, -0.2) is 56.5 Å². The maximum atomic E-state index is 12.8. The summed E-state index contributed by atoms with van der Waals surface area (Å²) in [6, 6.07) is 0. The first-order valence-corrected chi connectivity index (χ1v) is 5.00. The first kappa shape index (κ1) is 16.9. The molecule has 9 heteroatoms. The van der Waals surface area contributed by atoms with Gasteiger partial charge in [-0.1, -0.05) is 0 Å². The Kier molecular flexibility index (Phi) is 6.30. The van der Waals surface area contributed by atoms with Gasteiger partial charge in [-0.05, 0) is 6.92 Å². The van der Waals surface area contributed by atoms with Crippen molar-refractivity contribution in [1.29, 1.82) is 0 Å². The Morgan fingerprint density at radius 3 is 2.22 bits per heavy atom. The van der Waals surface area contributed by atoms with Crippen LogP contribution in [0.15, 0.2) is 0 Å². The van der Waals surface area contributed by atoms with Crippen molar-refractivity contribution in [2.45, 2.75) is 19.0 Å². The highest BCUT2D eigenvalue weighted by Crippen LogP contribution is 2.36. The molecule has 0 aliphatic heterocycles. The predicted molar refractivity (Wildman–Crippen MR) is 51.5 cm³/mol. The van der Waals surface area contributed by atoms with Crippen molar-refractivity contribution in [2.75, 3.05) is 33.5 Å². The van der Waals surface area contributed by atoms with E-state index in [-0.39, 0.29) is 19.7 Å². The summed E-state index contributed by atoms with van der Waals surface area (Å²) in [7, 11) is 1.31. The largest absolute Gasteiger partial charge is 0.470 e. The van der Waals surface area contributed by atoms with Gasteiger partial charge in [0.15, 0.2) is 6.67 Å². The Hall–Kier alpha value is -1.12. The van der Waals surface area contributed by atoms with E-state index in [0.29, 0.717) is 0 Å². The molecule has 0 aromatic carbocycles. The monoisotopic (exact) mass is 279 g/mol. The van der Waals surface area contributed by atoms with Crippen molar-refractivity contribution in [3.05, 3.63) is 0 Å². The fourth-order valence-electron chi connectivity index (χ4n) is 0.907. The van der Waals surface area contributed by atoms with Crippen molar-refractivity contribution >= 4 is 6.09 Å². The minimum Gasteiger partial charge on any atom is -0.383 e. The van der Waals surface area contributed by atoms with Crippen LogP contribution in [0.2, 0.25) is 0 Å². The molecular formula is C9H14F5NO3. The normalized spacial score (nSPS) is 12.4. The smallest absolute Gasteiger partial charge is 0.383 e. The first-order valence-electron chi connectivity index (χ1n) is 5.00. The van der Waals surface area contributed by atoms with Crippen LogP contribution in [0.25, 0.3) is 0 Å². The highest BCUT2D eigenvalue weighted by molar-refractivity contribution is 5.67. The van der Waals surface area contributed by atoms with E-state index in [1.54, 1.807) is 0 Å². The van der Waals surface area contributed by atoms with Gasteiger partial charge in [-0.3, -0.25) is 0 Å². The van der Waals surface area contributed by atoms with Crippen molar-refractivity contribution in [1.82, 2.24) is 4.90 Å². The number of carbonyl (C=O) groups excluding carboxylic acids is 1. The lowest BCUT2D eigenvalue weighted by atomic mass is 10.3. The zero-order valence-electron chi connectivity index (χ0n) is 9.89. The van der Waals surface area contributed by atoms with Gasteiger partial charge in [-0.2, -0.15) is 17.6 Å².